The zero-order valence-electron chi connectivity index (χ0n) is 22.0. The molecule has 9 nitrogen and oxygen atoms in total. The van der Waals surface area contributed by atoms with Gasteiger partial charge in [0.25, 0.3) is 5.91 Å². The smallest absolute Gasteiger partial charge is 0.259 e. The van der Waals surface area contributed by atoms with Crippen molar-refractivity contribution < 1.29 is 14.3 Å². The highest BCUT2D eigenvalue weighted by Gasteiger charge is 2.40. The van der Waals surface area contributed by atoms with Crippen LogP contribution in [0.1, 0.15) is 53.0 Å². The minimum Gasteiger partial charge on any atom is -0.380 e. The van der Waals surface area contributed by atoms with Crippen LogP contribution < -0.4 is 5.32 Å². The van der Waals surface area contributed by atoms with E-state index in [0.717, 1.165) is 74.6 Å². The van der Waals surface area contributed by atoms with E-state index in [4.69, 9.17) is 9.47 Å². The summed E-state index contributed by atoms with van der Waals surface area (Å²) in [5.74, 6) is -0.250. The number of nitrogens with one attached hydrogen (secondary N) is 1. The van der Waals surface area contributed by atoms with Gasteiger partial charge in [-0.3, -0.25) is 14.7 Å². The van der Waals surface area contributed by atoms with Crippen molar-refractivity contribution in [3.05, 3.63) is 71.3 Å². The average Bonchev–Trinajstić information content (AvgIpc) is 3.36. The number of carbonyl (C=O) groups excluding carboxylic acids is 1. The second kappa shape index (κ2) is 11.4. The number of ether oxygens (including phenoxy) is 2. The van der Waals surface area contributed by atoms with Crippen LogP contribution in [-0.2, 0) is 21.5 Å². The first kappa shape index (κ1) is 26.0. The third kappa shape index (κ3) is 5.34. The number of nitriles is 1. The molecule has 5 rings (SSSR count). The van der Waals surface area contributed by atoms with E-state index in [1.807, 2.05) is 43.3 Å². The largest absolute Gasteiger partial charge is 0.380 e. The summed E-state index contributed by atoms with van der Waals surface area (Å²) in [5.41, 5.74) is 3.96. The van der Waals surface area contributed by atoms with Gasteiger partial charge in [0, 0.05) is 26.2 Å². The SMILES string of the molecule is COCc1ccc(-n2ncc(C(=O)Nc3ccc([C@]4(C#N)CC[C@@H](N5CCOCC5)CC4)nc3)c2C)cc1. The fraction of sp³-hybridized carbons (Fsp3) is 0.448. The van der Waals surface area contributed by atoms with E-state index in [-0.39, 0.29) is 5.91 Å². The van der Waals surface area contributed by atoms with Crippen molar-refractivity contribution in [1.29, 1.82) is 5.26 Å². The van der Waals surface area contributed by atoms with Crippen molar-refractivity contribution in [2.45, 2.75) is 50.7 Å². The standard InChI is InChI=1S/C29H34N6O3/c1-21-26(18-32-35(21)25-6-3-22(4-7-25)19-37-2)28(36)33-23-5-8-27(31-17-23)29(20-30)11-9-24(10-12-29)34-13-15-38-16-14-34/h3-8,17-18,24H,9-16,19H2,1-2H3,(H,33,36)/t24-,29-. The Morgan fingerprint density at radius 2 is 1.89 bits per heavy atom. The fourth-order valence-corrected chi connectivity index (χ4v) is 5.57. The monoisotopic (exact) mass is 514 g/mol. The van der Waals surface area contributed by atoms with Crippen LogP contribution in [0.3, 0.4) is 0 Å². The molecule has 38 heavy (non-hydrogen) atoms. The quantitative estimate of drug-likeness (QED) is 0.508. The maximum absolute atomic E-state index is 13.0. The van der Waals surface area contributed by atoms with Gasteiger partial charge in [-0.25, -0.2) is 4.68 Å². The molecule has 3 aromatic rings. The third-order valence-corrected chi connectivity index (χ3v) is 7.84. The van der Waals surface area contributed by atoms with Crippen LogP contribution in [0.15, 0.2) is 48.8 Å². The lowest BCUT2D eigenvalue weighted by molar-refractivity contribution is 0.00493. The Balaban J connectivity index is 1.23. The van der Waals surface area contributed by atoms with Gasteiger partial charge >= 0.3 is 0 Å². The van der Waals surface area contributed by atoms with E-state index in [1.54, 1.807) is 24.2 Å². The highest BCUT2D eigenvalue weighted by atomic mass is 16.5. The number of methoxy groups -OCH3 is 1. The zero-order chi connectivity index (χ0) is 26.5. The van der Waals surface area contributed by atoms with E-state index < -0.39 is 5.41 Å². The Bertz CT molecular complexity index is 1280. The second-order valence-corrected chi connectivity index (χ2v) is 10.1. The summed E-state index contributed by atoms with van der Waals surface area (Å²) in [6.07, 6.45) is 6.75. The van der Waals surface area contributed by atoms with Crippen LogP contribution in [-0.4, -0.2) is 65.0 Å². The summed E-state index contributed by atoms with van der Waals surface area (Å²) in [5, 5.41) is 17.5. The van der Waals surface area contributed by atoms with Crippen LogP contribution in [0, 0.1) is 18.3 Å². The molecule has 0 radical (unpaired) electrons. The van der Waals surface area contributed by atoms with Crippen molar-refractivity contribution in [2.24, 2.45) is 0 Å². The number of morpholine rings is 1. The van der Waals surface area contributed by atoms with Crippen molar-refractivity contribution in [3.8, 4) is 11.8 Å². The van der Waals surface area contributed by atoms with Gasteiger partial charge in [0.2, 0.25) is 0 Å². The first-order valence-electron chi connectivity index (χ1n) is 13.2. The van der Waals surface area contributed by atoms with Gasteiger partial charge in [0.05, 0.1) is 72.0 Å². The van der Waals surface area contributed by atoms with Crippen LogP contribution in [0.25, 0.3) is 5.69 Å². The molecule has 0 unspecified atom stereocenters. The van der Waals surface area contributed by atoms with E-state index in [1.165, 1.54) is 0 Å². The van der Waals surface area contributed by atoms with E-state index in [2.05, 4.69) is 26.4 Å². The van der Waals surface area contributed by atoms with E-state index >= 15 is 0 Å². The van der Waals surface area contributed by atoms with E-state index in [0.29, 0.717) is 23.9 Å². The molecule has 1 aliphatic carbocycles. The number of hydrogen-bond acceptors (Lipinski definition) is 7. The van der Waals surface area contributed by atoms with Gasteiger partial charge in [-0.15, -0.1) is 0 Å². The number of benzene rings is 1. The number of anilines is 1. The van der Waals surface area contributed by atoms with Crippen molar-refractivity contribution >= 4 is 11.6 Å². The summed E-state index contributed by atoms with van der Waals surface area (Å²) in [7, 11) is 1.67. The van der Waals surface area contributed by atoms with Gasteiger partial charge in [-0.2, -0.15) is 10.4 Å². The molecule has 1 saturated heterocycles. The number of aromatic nitrogens is 3. The number of pyridine rings is 1. The molecule has 2 aliphatic rings. The van der Waals surface area contributed by atoms with Gasteiger partial charge in [0.15, 0.2) is 0 Å². The molecular formula is C29H34N6O3. The fourth-order valence-electron chi connectivity index (χ4n) is 5.57. The van der Waals surface area contributed by atoms with Crippen LogP contribution in [0.4, 0.5) is 5.69 Å². The number of nitrogens with zero attached hydrogens (tertiary/aromatic N) is 5. The first-order chi connectivity index (χ1) is 18.5. The summed E-state index contributed by atoms with van der Waals surface area (Å²) >= 11 is 0. The Labute approximate surface area is 223 Å². The molecule has 0 bridgehead atoms. The zero-order valence-corrected chi connectivity index (χ0v) is 22.0. The molecule has 2 fully saturated rings. The average molecular weight is 515 g/mol. The molecule has 2 aromatic heterocycles. The minimum atomic E-state index is -0.581. The number of carbonyl (C=O) groups is 1. The highest BCUT2D eigenvalue weighted by Crippen LogP contribution is 2.40. The van der Waals surface area contributed by atoms with Crippen LogP contribution in [0.2, 0.25) is 0 Å². The third-order valence-electron chi connectivity index (χ3n) is 7.84. The Kier molecular flexibility index (Phi) is 7.84. The predicted molar refractivity (Wildman–Crippen MR) is 143 cm³/mol. The Morgan fingerprint density at radius 3 is 2.53 bits per heavy atom. The molecule has 1 amide bonds. The lowest BCUT2D eigenvalue weighted by atomic mass is 9.71. The molecule has 9 heteroatoms. The van der Waals surface area contributed by atoms with E-state index in [9.17, 15) is 10.1 Å². The van der Waals surface area contributed by atoms with Gasteiger partial charge < -0.3 is 14.8 Å². The maximum Gasteiger partial charge on any atom is 0.259 e. The van der Waals surface area contributed by atoms with Crippen molar-refractivity contribution in [3.63, 3.8) is 0 Å². The number of amides is 1. The maximum atomic E-state index is 13.0. The summed E-state index contributed by atoms with van der Waals surface area (Å²) in [6, 6.07) is 14.7. The second-order valence-electron chi connectivity index (χ2n) is 10.1. The molecule has 1 aliphatic heterocycles. The molecule has 0 atom stereocenters. The first-order valence-corrected chi connectivity index (χ1v) is 13.2. The summed E-state index contributed by atoms with van der Waals surface area (Å²) < 4.78 is 12.4. The van der Waals surface area contributed by atoms with Gasteiger partial charge in [-0.05, 0) is 62.4 Å². The van der Waals surface area contributed by atoms with Gasteiger partial charge in [0.1, 0.15) is 0 Å². The van der Waals surface area contributed by atoms with Crippen molar-refractivity contribution in [2.75, 3.05) is 38.7 Å². The molecule has 198 valence electrons. The van der Waals surface area contributed by atoms with Crippen molar-refractivity contribution in [1.82, 2.24) is 19.7 Å². The molecular weight excluding hydrogens is 480 g/mol. The highest BCUT2D eigenvalue weighted by molar-refractivity contribution is 6.04. The number of rotatable bonds is 7. The normalized spacial score (nSPS) is 22.1. The Morgan fingerprint density at radius 1 is 1.16 bits per heavy atom. The predicted octanol–water partition coefficient (Wildman–Crippen LogP) is 4.01. The lowest BCUT2D eigenvalue weighted by Gasteiger charge is -2.41. The molecule has 1 aromatic carbocycles. The number of hydrogen-bond donors (Lipinski definition) is 1. The molecule has 1 saturated carbocycles. The lowest BCUT2D eigenvalue weighted by Crippen LogP contribution is -2.47. The minimum absolute atomic E-state index is 0.250. The molecule has 1 N–H and O–H groups in total. The Hall–Kier alpha value is -3.58. The van der Waals surface area contributed by atoms with Gasteiger partial charge in [-0.1, -0.05) is 12.1 Å². The summed E-state index contributed by atoms with van der Waals surface area (Å²) in [4.78, 5) is 20.2. The van der Waals surface area contributed by atoms with Crippen LogP contribution >= 0.6 is 0 Å². The summed E-state index contributed by atoms with van der Waals surface area (Å²) in [6.45, 7) is 5.93. The molecule has 0 spiro atoms. The molecule has 3 heterocycles. The topological polar surface area (TPSA) is 105 Å². The van der Waals surface area contributed by atoms with Crippen LogP contribution in [0.5, 0.6) is 0 Å².